The van der Waals surface area contributed by atoms with Gasteiger partial charge in [-0.05, 0) is 26.0 Å². The van der Waals surface area contributed by atoms with Crippen molar-refractivity contribution in [3.63, 3.8) is 0 Å². The van der Waals surface area contributed by atoms with Crippen LogP contribution in [0.2, 0.25) is 0 Å². The molecule has 0 amide bonds. The third-order valence-corrected chi connectivity index (χ3v) is 2.64. The van der Waals surface area contributed by atoms with Gasteiger partial charge in [-0.2, -0.15) is 13.2 Å². The number of nitrogens with one attached hydrogen (secondary N) is 2. The van der Waals surface area contributed by atoms with Crippen LogP contribution in [0, 0.1) is 6.92 Å². The molecule has 2 heterocycles. The highest BCUT2D eigenvalue weighted by molar-refractivity contribution is 5.49. The fourth-order valence-corrected chi connectivity index (χ4v) is 1.74. The van der Waals surface area contributed by atoms with Crippen LogP contribution in [-0.2, 0) is 12.7 Å². The molecule has 0 aliphatic heterocycles. The first kappa shape index (κ1) is 15.1. The zero-order valence-corrected chi connectivity index (χ0v) is 11.6. The third kappa shape index (κ3) is 4.11. The monoisotopic (exact) mass is 300 g/mol. The molecule has 21 heavy (non-hydrogen) atoms. The Morgan fingerprint density at radius 1 is 1.14 bits per heavy atom. The number of nitrogens with zero attached hydrogens (tertiary/aromatic N) is 2. The molecule has 0 saturated carbocycles. The number of hydrogen-bond acceptors (Lipinski definition) is 5. The van der Waals surface area contributed by atoms with Crippen LogP contribution < -0.4 is 10.6 Å². The Bertz CT molecular complexity index is 610. The number of aryl methyl sites for hydroxylation is 1. The second-order valence-corrected chi connectivity index (χ2v) is 4.44. The summed E-state index contributed by atoms with van der Waals surface area (Å²) in [4.78, 5) is 4.08. The van der Waals surface area contributed by atoms with Gasteiger partial charge in [-0.1, -0.05) is 5.16 Å². The van der Waals surface area contributed by atoms with Gasteiger partial charge in [0.1, 0.15) is 23.1 Å². The van der Waals surface area contributed by atoms with Crippen molar-refractivity contribution in [2.75, 3.05) is 17.2 Å². The number of pyridine rings is 1. The first-order chi connectivity index (χ1) is 9.88. The molecular weight excluding hydrogens is 285 g/mol. The molecule has 0 fully saturated rings. The molecule has 5 nitrogen and oxygen atoms in total. The Kier molecular flexibility index (Phi) is 4.35. The van der Waals surface area contributed by atoms with Crippen molar-refractivity contribution in [3.05, 3.63) is 35.2 Å². The Morgan fingerprint density at radius 2 is 1.81 bits per heavy atom. The second kappa shape index (κ2) is 6.02. The molecule has 0 atom stereocenters. The van der Waals surface area contributed by atoms with Crippen LogP contribution in [-0.4, -0.2) is 16.7 Å². The van der Waals surface area contributed by atoms with Crippen molar-refractivity contribution < 1.29 is 17.7 Å². The summed E-state index contributed by atoms with van der Waals surface area (Å²) in [6, 6.07) is 3.65. The van der Waals surface area contributed by atoms with Gasteiger partial charge < -0.3 is 15.2 Å². The van der Waals surface area contributed by atoms with E-state index < -0.39 is 11.7 Å². The highest BCUT2D eigenvalue weighted by atomic mass is 19.4. The number of halogens is 3. The fourth-order valence-electron chi connectivity index (χ4n) is 1.74. The topological polar surface area (TPSA) is 63.0 Å². The maximum atomic E-state index is 12.8. The van der Waals surface area contributed by atoms with E-state index in [4.69, 9.17) is 4.52 Å². The molecule has 0 saturated heterocycles. The van der Waals surface area contributed by atoms with Gasteiger partial charge >= 0.3 is 6.18 Å². The van der Waals surface area contributed by atoms with Crippen LogP contribution in [0.15, 0.2) is 22.7 Å². The van der Waals surface area contributed by atoms with Gasteiger partial charge in [0.05, 0.1) is 12.1 Å². The quantitative estimate of drug-likeness (QED) is 0.885. The minimum Gasteiger partial charge on any atom is -0.370 e. The maximum absolute atomic E-state index is 12.8. The van der Waals surface area contributed by atoms with Crippen molar-refractivity contribution in [2.45, 2.75) is 26.6 Å². The van der Waals surface area contributed by atoms with E-state index in [0.29, 0.717) is 18.0 Å². The summed E-state index contributed by atoms with van der Waals surface area (Å²) in [5.74, 6) is 0.935. The lowest BCUT2D eigenvalue weighted by atomic mass is 10.2. The third-order valence-electron chi connectivity index (χ3n) is 2.64. The van der Waals surface area contributed by atoms with Crippen molar-refractivity contribution in [1.29, 1.82) is 0 Å². The Balaban J connectivity index is 2.19. The standard InChI is InChI=1S/C13H15F3N4O/c1-3-17-11-5-9(13(14,15)16)6-12(19-11)18-7-10-4-8(2)21-20-10/h4-6H,3,7H2,1-2H3,(H2,17,18,19). The molecular formula is C13H15F3N4O. The zero-order chi connectivity index (χ0) is 15.5. The molecule has 2 aromatic heterocycles. The number of alkyl halides is 3. The first-order valence-electron chi connectivity index (χ1n) is 6.37. The molecule has 0 radical (unpaired) electrons. The molecule has 2 N–H and O–H groups in total. The molecule has 0 bridgehead atoms. The van der Waals surface area contributed by atoms with E-state index in [1.165, 1.54) is 0 Å². The average Bonchev–Trinajstić information content (AvgIpc) is 2.81. The van der Waals surface area contributed by atoms with Crippen LogP contribution in [0.3, 0.4) is 0 Å². The van der Waals surface area contributed by atoms with E-state index in [0.717, 1.165) is 12.1 Å². The van der Waals surface area contributed by atoms with Gasteiger partial charge in [-0.3, -0.25) is 0 Å². The van der Waals surface area contributed by atoms with E-state index in [1.807, 2.05) is 0 Å². The summed E-state index contributed by atoms with van der Waals surface area (Å²) in [7, 11) is 0. The number of rotatable bonds is 5. The summed E-state index contributed by atoms with van der Waals surface area (Å²) in [6.45, 7) is 4.24. The average molecular weight is 300 g/mol. The van der Waals surface area contributed by atoms with Gasteiger partial charge in [0, 0.05) is 12.6 Å². The van der Waals surface area contributed by atoms with Crippen LogP contribution >= 0.6 is 0 Å². The predicted octanol–water partition coefficient (Wildman–Crippen LogP) is 3.44. The summed E-state index contributed by atoms with van der Waals surface area (Å²) in [5.41, 5.74) is -0.163. The second-order valence-electron chi connectivity index (χ2n) is 4.44. The van der Waals surface area contributed by atoms with Crippen molar-refractivity contribution >= 4 is 11.6 Å². The summed E-state index contributed by atoms with van der Waals surface area (Å²) < 4.78 is 43.4. The predicted molar refractivity (Wildman–Crippen MR) is 72.0 cm³/mol. The highest BCUT2D eigenvalue weighted by Crippen LogP contribution is 2.32. The van der Waals surface area contributed by atoms with Gasteiger partial charge in [0.2, 0.25) is 0 Å². The lowest BCUT2D eigenvalue weighted by Crippen LogP contribution is -2.11. The van der Waals surface area contributed by atoms with Crippen molar-refractivity contribution in [1.82, 2.24) is 10.1 Å². The van der Waals surface area contributed by atoms with E-state index >= 15 is 0 Å². The molecule has 0 aliphatic carbocycles. The van der Waals surface area contributed by atoms with E-state index in [9.17, 15) is 13.2 Å². The van der Waals surface area contributed by atoms with Crippen molar-refractivity contribution in [2.24, 2.45) is 0 Å². The number of anilines is 2. The smallest absolute Gasteiger partial charge is 0.370 e. The molecule has 0 aliphatic rings. The zero-order valence-electron chi connectivity index (χ0n) is 11.6. The minimum absolute atomic E-state index is 0.126. The Morgan fingerprint density at radius 3 is 2.33 bits per heavy atom. The maximum Gasteiger partial charge on any atom is 0.416 e. The minimum atomic E-state index is -4.42. The fraction of sp³-hybridized carbons (Fsp3) is 0.385. The van der Waals surface area contributed by atoms with Gasteiger partial charge in [-0.15, -0.1) is 0 Å². The van der Waals surface area contributed by atoms with Gasteiger partial charge in [0.25, 0.3) is 0 Å². The number of aromatic nitrogens is 2. The molecule has 2 rings (SSSR count). The lowest BCUT2D eigenvalue weighted by Gasteiger charge is -2.12. The molecule has 0 aromatic carbocycles. The molecule has 0 unspecified atom stereocenters. The molecule has 2 aromatic rings. The van der Waals surface area contributed by atoms with Gasteiger partial charge in [-0.25, -0.2) is 4.98 Å². The van der Waals surface area contributed by atoms with Crippen LogP contribution in [0.4, 0.5) is 24.8 Å². The van der Waals surface area contributed by atoms with Gasteiger partial charge in [0.15, 0.2) is 0 Å². The molecule has 8 heteroatoms. The molecule has 0 spiro atoms. The van der Waals surface area contributed by atoms with Crippen molar-refractivity contribution in [3.8, 4) is 0 Å². The largest absolute Gasteiger partial charge is 0.416 e. The summed E-state index contributed by atoms with van der Waals surface area (Å²) >= 11 is 0. The summed E-state index contributed by atoms with van der Waals surface area (Å²) in [6.07, 6.45) is -4.42. The Labute approximate surface area is 119 Å². The normalized spacial score (nSPS) is 11.5. The lowest BCUT2D eigenvalue weighted by molar-refractivity contribution is -0.137. The Hall–Kier alpha value is -2.25. The molecule has 114 valence electrons. The van der Waals surface area contributed by atoms with Crippen LogP contribution in [0.5, 0.6) is 0 Å². The number of hydrogen-bond donors (Lipinski definition) is 2. The highest BCUT2D eigenvalue weighted by Gasteiger charge is 2.31. The van der Waals surface area contributed by atoms with Crippen LogP contribution in [0.25, 0.3) is 0 Å². The first-order valence-corrected chi connectivity index (χ1v) is 6.37. The van der Waals surface area contributed by atoms with Crippen LogP contribution in [0.1, 0.15) is 23.9 Å². The summed E-state index contributed by atoms with van der Waals surface area (Å²) in [5, 5.41) is 9.35. The van der Waals surface area contributed by atoms with E-state index in [1.54, 1.807) is 19.9 Å². The van der Waals surface area contributed by atoms with E-state index in [2.05, 4.69) is 20.8 Å². The SMILES string of the molecule is CCNc1cc(C(F)(F)F)cc(NCc2cc(C)on2)n1. The van der Waals surface area contributed by atoms with E-state index in [-0.39, 0.29) is 18.2 Å².